The van der Waals surface area contributed by atoms with E-state index in [1.165, 1.54) is 0 Å². The lowest BCUT2D eigenvalue weighted by Gasteiger charge is -2.21. The SMILES string of the molecule is CC(C)N1CC(CNC(=O)Nc2ccccc2)CC1=O. The fraction of sp³-hybridized carbons (Fsp3) is 0.467. The first kappa shape index (κ1) is 14.4. The van der Waals surface area contributed by atoms with Gasteiger partial charge in [0.1, 0.15) is 0 Å². The molecular weight excluding hydrogens is 254 g/mol. The van der Waals surface area contributed by atoms with Gasteiger partial charge in [-0.15, -0.1) is 0 Å². The highest BCUT2D eigenvalue weighted by atomic mass is 16.2. The number of amides is 3. The molecule has 3 amide bonds. The average molecular weight is 275 g/mol. The first-order chi connectivity index (χ1) is 9.56. The summed E-state index contributed by atoms with van der Waals surface area (Å²) in [5, 5.41) is 5.59. The number of para-hydroxylation sites is 1. The maximum absolute atomic E-state index is 11.8. The highest BCUT2D eigenvalue weighted by Gasteiger charge is 2.30. The van der Waals surface area contributed by atoms with Crippen molar-refractivity contribution >= 4 is 17.6 Å². The van der Waals surface area contributed by atoms with E-state index in [-0.39, 0.29) is 23.9 Å². The fourth-order valence-electron chi connectivity index (χ4n) is 2.38. The second-order valence-electron chi connectivity index (χ2n) is 5.41. The molecule has 1 unspecified atom stereocenters. The van der Waals surface area contributed by atoms with Crippen LogP contribution in [-0.2, 0) is 4.79 Å². The molecule has 0 aliphatic carbocycles. The Kier molecular flexibility index (Phi) is 4.61. The molecule has 1 aliphatic heterocycles. The molecule has 0 radical (unpaired) electrons. The molecule has 2 rings (SSSR count). The fourth-order valence-corrected chi connectivity index (χ4v) is 2.38. The van der Waals surface area contributed by atoms with Crippen LogP contribution in [0, 0.1) is 5.92 Å². The average Bonchev–Trinajstić information content (AvgIpc) is 2.79. The van der Waals surface area contributed by atoms with Gasteiger partial charge in [0.2, 0.25) is 5.91 Å². The van der Waals surface area contributed by atoms with Gasteiger partial charge in [0.25, 0.3) is 0 Å². The van der Waals surface area contributed by atoms with E-state index in [9.17, 15) is 9.59 Å². The summed E-state index contributed by atoms with van der Waals surface area (Å²) in [5.41, 5.74) is 0.760. The van der Waals surface area contributed by atoms with Crippen LogP contribution >= 0.6 is 0 Å². The summed E-state index contributed by atoms with van der Waals surface area (Å²) in [4.78, 5) is 25.4. The monoisotopic (exact) mass is 275 g/mol. The van der Waals surface area contributed by atoms with Crippen LogP contribution in [0.2, 0.25) is 0 Å². The summed E-state index contributed by atoms with van der Waals surface area (Å²) in [6.07, 6.45) is 0.518. The number of rotatable bonds is 4. The minimum atomic E-state index is -0.230. The standard InChI is InChI=1S/C15H21N3O2/c1-11(2)18-10-12(8-14(18)19)9-16-15(20)17-13-6-4-3-5-7-13/h3-7,11-12H,8-10H2,1-2H3,(H2,16,17,20). The van der Waals surface area contributed by atoms with E-state index in [0.29, 0.717) is 13.0 Å². The minimum Gasteiger partial charge on any atom is -0.340 e. The number of likely N-dealkylation sites (tertiary alicyclic amines) is 1. The first-order valence-corrected chi connectivity index (χ1v) is 6.95. The maximum atomic E-state index is 11.8. The van der Waals surface area contributed by atoms with E-state index in [0.717, 1.165) is 12.2 Å². The molecule has 0 aromatic heterocycles. The molecule has 1 fully saturated rings. The highest BCUT2D eigenvalue weighted by Crippen LogP contribution is 2.19. The van der Waals surface area contributed by atoms with Crippen LogP contribution in [0.25, 0.3) is 0 Å². The Morgan fingerprint density at radius 3 is 2.65 bits per heavy atom. The van der Waals surface area contributed by atoms with Crippen LogP contribution in [0.3, 0.4) is 0 Å². The van der Waals surface area contributed by atoms with Crippen LogP contribution in [0.5, 0.6) is 0 Å². The Hall–Kier alpha value is -2.04. The van der Waals surface area contributed by atoms with Gasteiger partial charge in [-0.2, -0.15) is 0 Å². The maximum Gasteiger partial charge on any atom is 0.319 e. The van der Waals surface area contributed by atoms with Crippen molar-refractivity contribution in [3.8, 4) is 0 Å². The summed E-state index contributed by atoms with van der Waals surface area (Å²) in [7, 11) is 0. The van der Waals surface area contributed by atoms with E-state index in [1.807, 2.05) is 49.1 Å². The second-order valence-corrected chi connectivity index (χ2v) is 5.41. The lowest BCUT2D eigenvalue weighted by Crippen LogP contribution is -2.35. The molecule has 1 heterocycles. The van der Waals surface area contributed by atoms with Crippen molar-refractivity contribution in [1.29, 1.82) is 0 Å². The number of urea groups is 1. The third kappa shape index (κ3) is 3.73. The molecule has 1 atom stereocenters. The van der Waals surface area contributed by atoms with Gasteiger partial charge in [0, 0.05) is 37.2 Å². The van der Waals surface area contributed by atoms with E-state index >= 15 is 0 Å². The lowest BCUT2D eigenvalue weighted by atomic mass is 10.1. The first-order valence-electron chi connectivity index (χ1n) is 6.95. The predicted octanol–water partition coefficient (Wildman–Crippen LogP) is 2.06. The molecule has 5 nitrogen and oxygen atoms in total. The largest absolute Gasteiger partial charge is 0.340 e. The quantitative estimate of drug-likeness (QED) is 0.883. The second kappa shape index (κ2) is 6.41. The van der Waals surface area contributed by atoms with Gasteiger partial charge < -0.3 is 15.5 Å². The lowest BCUT2D eigenvalue weighted by molar-refractivity contribution is -0.129. The normalized spacial score (nSPS) is 18.4. The van der Waals surface area contributed by atoms with Gasteiger partial charge in [0.05, 0.1) is 0 Å². The van der Waals surface area contributed by atoms with E-state index in [2.05, 4.69) is 10.6 Å². The van der Waals surface area contributed by atoms with Crippen LogP contribution in [0.1, 0.15) is 20.3 Å². The van der Waals surface area contributed by atoms with Gasteiger partial charge in [-0.3, -0.25) is 4.79 Å². The van der Waals surface area contributed by atoms with Crippen molar-refractivity contribution in [3.63, 3.8) is 0 Å². The summed E-state index contributed by atoms with van der Waals surface area (Å²) >= 11 is 0. The van der Waals surface area contributed by atoms with Gasteiger partial charge in [-0.05, 0) is 26.0 Å². The zero-order chi connectivity index (χ0) is 14.5. The van der Waals surface area contributed by atoms with Crippen LogP contribution in [0.15, 0.2) is 30.3 Å². The zero-order valence-corrected chi connectivity index (χ0v) is 11.9. The van der Waals surface area contributed by atoms with Crippen LogP contribution in [0.4, 0.5) is 10.5 Å². The third-order valence-corrected chi connectivity index (χ3v) is 3.44. The number of hydrogen-bond acceptors (Lipinski definition) is 2. The summed E-state index contributed by atoms with van der Waals surface area (Å²) < 4.78 is 0. The van der Waals surface area contributed by atoms with E-state index in [1.54, 1.807) is 0 Å². The Morgan fingerprint density at radius 1 is 1.35 bits per heavy atom. The van der Waals surface area contributed by atoms with Crippen molar-refractivity contribution in [3.05, 3.63) is 30.3 Å². The number of benzene rings is 1. The smallest absolute Gasteiger partial charge is 0.319 e. The van der Waals surface area contributed by atoms with Crippen LogP contribution in [-0.4, -0.2) is 36.0 Å². The molecule has 5 heteroatoms. The third-order valence-electron chi connectivity index (χ3n) is 3.44. The zero-order valence-electron chi connectivity index (χ0n) is 11.9. The number of carbonyl (C=O) groups is 2. The Labute approximate surface area is 119 Å². The molecule has 1 saturated heterocycles. The number of nitrogens with zero attached hydrogens (tertiary/aromatic N) is 1. The number of anilines is 1. The summed E-state index contributed by atoms with van der Waals surface area (Å²) in [6.45, 7) is 5.27. The molecule has 1 aromatic carbocycles. The van der Waals surface area contributed by atoms with Crippen LogP contribution < -0.4 is 10.6 Å². The van der Waals surface area contributed by atoms with Gasteiger partial charge >= 0.3 is 6.03 Å². The molecule has 0 saturated carbocycles. The topological polar surface area (TPSA) is 61.4 Å². The van der Waals surface area contributed by atoms with Crippen molar-refractivity contribution in [2.75, 3.05) is 18.4 Å². The molecule has 0 spiro atoms. The molecule has 2 N–H and O–H groups in total. The Balaban J connectivity index is 1.76. The van der Waals surface area contributed by atoms with Crippen molar-refractivity contribution < 1.29 is 9.59 Å². The summed E-state index contributed by atoms with van der Waals surface area (Å²) in [6, 6.07) is 9.29. The molecule has 1 aromatic rings. The molecule has 0 bridgehead atoms. The summed E-state index contributed by atoms with van der Waals surface area (Å²) in [5.74, 6) is 0.377. The molecule has 108 valence electrons. The Bertz CT molecular complexity index is 473. The van der Waals surface area contributed by atoms with Crippen molar-refractivity contribution in [2.45, 2.75) is 26.3 Å². The van der Waals surface area contributed by atoms with Crippen molar-refractivity contribution in [2.24, 2.45) is 5.92 Å². The minimum absolute atomic E-state index is 0.176. The predicted molar refractivity (Wildman–Crippen MR) is 78.4 cm³/mol. The van der Waals surface area contributed by atoms with Gasteiger partial charge in [0.15, 0.2) is 0 Å². The molecular formula is C15H21N3O2. The van der Waals surface area contributed by atoms with Crippen molar-refractivity contribution in [1.82, 2.24) is 10.2 Å². The molecule has 20 heavy (non-hydrogen) atoms. The van der Waals surface area contributed by atoms with Gasteiger partial charge in [-0.25, -0.2) is 4.79 Å². The van der Waals surface area contributed by atoms with E-state index in [4.69, 9.17) is 0 Å². The molecule has 1 aliphatic rings. The number of hydrogen-bond donors (Lipinski definition) is 2. The highest BCUT2D eigenvalue weighted by molar-refractivity contribution is 5.89. The number of nitrogens with one attached hydrogen (secondary N) is 2. The number of carbonyl (C=O) groups excluding carboxylic acids is 2. The van der Waals surface area contributed by atoms with Gasteiger partial charge in [-0.1, -0.05) is 18.2 Å². The Morgan fingerprint density at radius 2 is 2.05 bits per heavy atom. The van der Waals surface area contributed by atoms with E-state index < -0.39 is 0 Å².